The van der Waals surface area contributed by atoms with Gasteiger partial charge in [0.2, 0.25) is 10.0 Å². The summed E-state index contributed by atoms with van der Waals surface area (Å²) in [7, 11) is -2.14. The maximum atomic E-state index is 11.6. The summed E-state index contributed by atoms with van der Waals surface area (Å²) in [6.45, 7) is 2.25. The number of aliphatic hydroxyl groups is 1. The molecular weight excluding hydrogens is 242 g/mol. The lowest BCUT2D eigenvalue weighted by Gasteiger charge is -2.11. The molecule has 0 spiro atoms. The van der Waals surface area contributed by atoms with Crippen LogP contribution >= 0.6 is 0 Å². The van der Waals surface area contributed by atoms with Crippen molar-refractivity contribution in [1.29, 1.82) is 0 Å². The lowest BCUT2D eigenvalue weighted by molar-refractivity contribution is 0.262. The number of rotatable bonds is 6. The first-order valence-corrected chi connectivity index (χ1v) is 6.83. The molecule has 0 aliphatic heterocycles. The second-order valence-corrected chi connectivity index (χ2v) is 5.37. The molecule has 1 aromatic carbocycles. The molecule has 0 aromatic heterocycles. The highest BCUT2D eigenvalue weighted by Gasteiger charge is 2.14. The average molecular weight is 259 g/mol. The molecule has 0 aliphatic carbocycles. The number of sulfonamides is 1. The molecule has 2 N–H and O–H groups in total. The number of hydrogen-bond acceptors (Lipinski definition) is 4. The number of aliphatic hydroxyl groups excluding tert-OH is 1. The molecule has 0 fully saturated rings. The van der Waals surface area contributed by atoms with Crippen molar-refractivity contribution in [3.05, 3.63) is 23.8 Å². The first kappa shape index (κ1) is 14.0. The van der Waals surface area contributed by atoms with Gasteiger partial charge in [-0.1, -0.05) is 6.92 Å². The van der Waals surface area contributed by atoms with E-state index in [4.69, 9.17) is 4.74 Å². The van der Waals surface area contributed by atoms with Gasteiger partial charge < -0.3 is 9.84 Å². The van der Waals surface area contributed by atoms with Crippen LogP contribution in [0.3, 0.4) is 0 Å². The Morgan fingerprint density at radius 2 is 2.12 bits per heavy atom. The zero-order valence-corrected chi connectivity index (χ0v) is 10.8. The summed E-state index contributed by atoms with van der Waals surface area (Å²) >= 11 is 0. The molecule has 1 rings (SSSR count). The van der Waals surface area contributed by atoms with E-state index in [9.17, 15) is 13.5 Å². The molecule has 5 nitrogen and oxygen atoms in total. The zero-order chi connectivity index (χ0) is 12.9. The first-order chi connectivity index (χ1) is 8.05. The third-order valence-electron chi connectivity index (χ3n) is 2.24. The average Bonchev–Trinajstić information content (AvgIpc) is 2.35. The van der Waals surface area contributed by atoms with E-state index < -0.39 is 10.0 Å². The normalized spacial score (nSPS) is 11.5. The van der Waals surface area contributed by atoms with Gasteiger partial charge in [0.05, 0.1) is 18.1 Å². The molecule has 0 bridgehead atoms. The lowest BCUT2D eigenvalue weighted by atomic mass is 10.2. The molecule has 0 amide bonds. The quantitative estimate of drug-likeness (QED) is 0.795. The van der Waals surface area contributed by atoms with Gasteiger partial charge in [-0.05, 0) is 31.7 Å². The lowest BCUT2D eigenvalue weighted by Crippen LogP contribution is -2.18. The van der Waals surface area contributed by atoms with Crippen molar-refractivity contribution < 1.29 is 18.3 Å². The first-order valence-electron chi connectivity index (χ1n) is 5.35. The summed E-state index contributed by atoms with van der Waals surface area (Å²) in [6, 6.07) is 4.43. The van der Waals surface area contributed by atoms with E-state index in [0.29, 0.717) is 17.9 Å². The van der Waals surface area contributed by atoms with Crippen molar-refractivity contribution >= 4 is 10.0 Å². The fourth-order valence-electron chi connectivity index (χ4n) is 1.32. The Labute approximate surface area is 101 Å². The second kappa shape index (κ2) is 6.00. The molecule has 0 saturated carbocycles. The number of ether oxygens (including phenoxy) is 1. The summed E-state index contributed by atoms with van der Waals surface area (Å²) < 4.78 is 30.7. The van der Waals surface area contributed by atoms with E-state index in [1.165, 1.54) is 19.2 Å². The van der Waals surface area contributed by atoms with Gasteiger partial charge >= 0.3 is 0 Å². The van der Waals surface area contributed by atoms with Crippen molar-refractivity contribution in [2.75, 3.05) is 13.7 Å². The van der Waals surface area contributed by atoms with E-state index >= 15 is 0 Å². The molecule has 0 radical (unpaired) electrons. The summed E-state index contributed by atoms with van der Waals surface area (Å²) in [5, 5.41) is 9.19. The van der Waals surface area contributed by atoms with Gasteiger partial charge in [0.15, 0.2) is 0 Å². The highest BCUT2D eigenvalue weighted by atomic mass is 32.2. The predicted octanol–water partition coefficient (Wildman–Crippen LogP) is 0.876. The monoisotopic (exact) mass is 259 g/mol. The van der Waals surface area contributed by atoms with Gasteiger partial charge in [0.1, 0.15) is 5.75 Å². The Morgan fingerprint density at radius 1 is 1.41 bits per heavy atom. The molecule has 0 aliphatic rings. The maximum Gasteiger partial charge on any atom is 0.240 e. The van der Waals surface area contributed by atoms with Crippen LogP contribution in [0.25, 0.3) is 0 Å². The fraction of sp³-hybridized carbons (Fsp3) is 0.455. The standard InChI is InChI=1S/C11H17NO4S/c1-3-6-16-11-5-4-10(7-9(11)8-13)17(14,15)12-2/h4-5,7,12-13H,3,6,8H2,1-2H3. The molecule has 6 heteroatoms. The van der Waals surface area contributed by atoms with Crippen molar-refractivity contribution in [2.24, 2.45) is 0 Å². The number of benzene rings is 1. The predicted molar refractivity (Wildman–Crippen MR) is 64.4 cm³/mol. The van der Waals surface area contributed by atoms with E-state index in [1.807, 2.05) is 6.92 Å². The molecule has 0 atom stereocenters. The van der Waals surface area contributed by atoms with E-state index in [2.05, 4.69) is 4.72 Å². The highest BCUT2D eigenvalue weighted by molar-refractivity contribution is 7.89. The van der Waals surface area contributed by atoms with Crippen molar-refractivity contribution in [3.63, 3.8) is 0 Å². The van der Waals surface area contributed by atoms with Gasteiger partial charge in [0, 0.05) is 5.56 Å². The van der Waals surface area contributed by atoms with Crippen LogP contribution in [-0.4, -0.2) is 27.2 Å². The van der Waals surface area contributed by atoms with Gasteiger partial charge in [-0.3, -0.25) is 0 Å². The summed E-state index contributed by atoms with van der Waals surface area (Å²) in [4.78, 5) is 0.118. The maximum absolute atomic E-state index is 11.6. The van der Waals surface area contributed by atoms with Gasteiger partial charge in [-0.2, -0.15) is 0 Å². The molecule has 0 saturated heterocycles. The fourth-order valence-corrected chi connectivity index (χ4v) is 2.10. The third kappa shape index (κ3) is 3.42. The molecule has 0 heterocycles. The minimum absolute atomic E-state index is 0.118. The highest BCUT2D eigenvalue weighted by Crippen LogP contribution is 2.22. The minimum Gasteiger partial charge on any atom is -0.493 e. The SMILES string of the molecule is CCCOc1ccc(S(=O)(=O)NC)cc1CO. The Morgan fingerprint density at radius 3 is 2.65 bits per heavy atom. The Balaban J connectivity index is 3.08. The zero-order valence-electron chi connectivity index (χ0n) is 9.93. The van der Waals surface area contributed by atoms with E-state index in [1.54, 1.807) is 6.07 Å². The van der Waals surface area contributed by atoms with Crippen LogP contribution in [-0.2, 0) is 16.6 Å². The Kier molecular flexibility index (Phi) is 4.92. The van der Waals surface area contributed by atoms with Crippen molar-refractivity contribution in [2.45, 2.75) is 24.8 Å². The number of nitrogens with one attached hydrogen (secondary N) is 1. The van der Waals surface area contributed by atoms with Crippen molar-refractivity contribution in [3.8, 4) is 5.75 Å². The Bertz CT molecular complexity index is 470. The molecule has 96 valence electrons. The summed E-state index contributed by atoms with van der Waals surface area (Å²) in [6.07, 6.45) is 0.849. The van der Waals surface area contributed by atoms with E-state index in [-0.39, 0.29) is 11.5 Å². The van der Waals surface area contributed by atoms with Crippen LogP contribution in [0.1, 0.15) is 18.9 Å². The molecule has 17 heavy (non-hydrogen) atoms. The topological polar surface area (TPSA) is 75.6 Å². The summed E-state index contributed by atoms with van der Waals surface area (Å²) in [5.41, 5.74) is 0.467. The van der Waals surface area contributed by atoms with Gasteiger partial charge in [-0.25, -0.2) is 13.1 Å². The van der Waals surface area contributed by atoms with Gasteiger partial charge in [0.25, 0.3) is 0 Å². The summed E-state index contributed by atoms with van der Waals surface area (Å²) in [5.74, 6) is 0.518. The van der Waals surface area contributed by atoms with Crippen LogP contribution in [0.5, 0.6) is 5.75 Å². The Hall–Kier alpha value is -1.11. The van der Waals surface area contributed by atoms with Crippen LogP contribution in [0.2, 0.25) is 0 Å². The molecule has 0 unspecified atom stereocenters. The smallest absolute Gasteiger partial charge is 0.240 e. The van der Waals surface area contributed by atoms with Gasteiger partial charge in [-0.15, -0.1) is 0 Å². The van der Waals surface area contributed by atoms with Crippen LogP contribution in [0.15, 0.2) is 23.1 Å². The second-order valence-electron chi connectivity index (χ2n) is 3.48. The van der Waals surface area contributed by atoms with Crippen LogP contribution in [0, 0.1) is 0 Å². The molecular formula is C11H17NO4S. The number of hydrogen-bond donors (Lipinski definition) is 2. The van der Waals surface area contributed by atoms with E-state index in [0.717, 1.165) is 6.42 Å². The van der Waals surface area contributed by atoms with Crippen LogP contribution < -0.4 is 9.46 Å². The largest absolute Gasteiger partial charge is 0.493 e. The van der Waals surface area contributed by atoms with Crippen LogP contribution in [0.4, 0.5) is 0 Å². The molecule has 1 aromatic rings. The van der Waals surface area contributed by atoms with Crippen molar-refractivity contribution in [1.82, 2.24) is 4.72 Å². The third-order valence-corrected chi connectivity index (χ3v) is 3.66. The minimum atomic E-state index is -3.48.